The molecule has 0 spiro atoms. The van der Waals surface area contributed by atoms with Gasteiger partial charge in [-0.25, -0.2) is 9.78 Å². The van der Waals surface area contributed by atoms with Gasteiger partial charge < -0.3 is 4.74 Å². The van der Waals surface area contributed by atoms with Gasteiger partial charge >= 0.3 is 5.97 Å². The molecule has 0 atom stereocenters. The molecule has 23 heavy (non-hydrogen) atoms. The van der Waals surface area contributed by atoms with Crippen molar-refractivity contribution in [2.45, 2.75) is 13.8 Å². The summed E-state index contributed by atoms with van der Waals surface area (Å²) in [6.45, 7) is 3.88. The predicted molar refractivity (Wildman–Crippen MR) is 98.0 cm³/mol. The lowest BCUT2D eigenvalue weighted by Gasteiger charge is -2.11. The largest absolute Gasteiger partial charge is 0.419 e. The van der Waals surface area contributed by atoms with Crippen molar-refractivity contribution < 1.29 is 9.53 Å². The van der Waals surface area contributed by atoms with Crippen molar-refractivity contribution in [3.05, 3.63) is 68.2 Å². The first kappa shape index (κ1) is 16.1. The monoisotopic (exact) mass is 433 g/mol. The van der Waals surface area contributed by atoms with E-state index in [2.05, 4.69) is 36.8 Å². The minimum atomic E-state index is -0.405. The maximum absolute atomic E-state index is 12.4. The maximum atomic E-state index is 12.4. The van der Waals surface area contributed by atoms with Gasteiger partial charge in [0.1, 0.15) is 5.52 Å². The first-order valence-electron chi connectivity index (χ1n) is 7.00. The summed E-state index contributed by atoms with van der Waals surface area (Å²) < 4.78 is 7.19. The number of nitrogens with zero attached hydrogens (tertiary/aromatic N) is 1. The van der Waals surface area contributed by atoms with E-state index in [1.54, 1.807) is 12.1 Å². The van der Waals surface area contributed by atoms with Gasteiger partial charge in [-0.05, 0) is 60.1 Å². The zero-order valence-corrected chi connectivity index (χ0v) is 15.7. The summed E-state index contributed by atoms with van der Waals surface area (Å²) in [5.41, 5.74) is 3.10. The van der Waals surface area contributed by atoms with Gasteiger partial charge in [0.05, 0.1) is 10.0 Å². The maximum Gasteiger partial charge on any atom is 0.343 e. The number of aromatic nitrogens is 1. The Bertz CT molecular complexity index is 905. The second-order valence-electron chi connectivity index (χ2n) is 5.27. The molecule has 0 fully saturated rings. The first-order valence-corrected chi connectivity index (χ1v) is 8.58. The van der Waals surface area contributed by atoms with E-state index in [4.69, 9.17) is 4.74 Å². The van der Waals surface area contributed by atoms with E-state index in [9.17, 15) is 4.79 Å². The molecule has 0 aliphatic rings. The third kappa shape index (κ3) is 3.31. The van der Waals surface area contributed by atoms with Crippen LogP contribution in [0.15, 0.2) is 51.4 Å². The fourth-order valence-electron chi connectivity index (χ4n) is 2.23. The van der Waals surface area contributed by atoms with Crippen molar-refractivity contribution in [1.82, 2.24) is 4.98 Å². The average Bonchev–Trinajstić information content (AvgIpc) is 2.51. The highest BCUT2D eigenvalue weighted by Crippen LogP contribution is 2.38. The second-order valence-corrected chi connectivity index (χ2v) is 6.98. The Labute approximate surface area is 150 Å². The van der Waals surface area contributed by atoms with Gasteiger partial charge in [-0.15, -0.1) is 0 Å². The van der Waals surface area contributed by atoms with E-state index >= 15 is 0 Å². The summed E-state index contributed by atoms with van der Waals surface area (Å²) in [6.07, 6.45) is 0. The van der Waals surface area contributed by atoms with Gasteiger partial charge in [-0.3, -0.25) is 0 Å². The lowest BCUT2D eigenvalue weighted by molar-refractivity contribution is 0.0735. The van der Waals surface area contributed by atoms with E-state index in [0.717, 1.165) is 21.1 Å². The summed E-state index contributed by atoms with van der Waals surface area (Å²) in [7, 11) is 0. The lowest BCUT2D eigenvalue weighted by atomic mass is 10.1. The van der Waals surface area contributed by atoms with Crippen LogP contribution in [0.5, 0.6) is 5.75 Å². The van der Waals surface area contributed by atoms with Crippen molar-refractivity contribution in [3.63, 3.8) is 0 Å². The Kier molecular flexibility index (Phi) is 4.50. The third-order valence-corrected chi connectivity index (χ3v) is 4.70. The number of hydrogen-bond acceptors (Lipinski definition) is 3. The highest BCUT2D eigenvalue weighted by molar-refractivity contribution is 9.11. The molecular formula is C18H13Br2NO2. The Morgan fingerprint density at radius 3 is 2.39 bits per heavy atom. The average molecular weight is 435 g/mol. The second kappa shape index (κ2) is 6.42. The number of ether oxygens (including phenoxy) is 1. The van der Waals surface area contributed by atoms with Crippen LogP contribution in [0, 0.1) is 13.8 Å². The summed E-state index contributed by atoms with van der Waals surface area (Å²) >= 11 is 6.97. The molecule has 3 aromatic rings. The van der Waals surface area contributed by atoms with Crippen LogP contribution in [0.2, 0.25) is 0 Å². The molecule has 2 aromatic carbocycles. The summed E-state index contributed by atoms with van der Waals surface area (Å²) in [4.78, 5) is 16.9. The number of carbonyl (C=O) groups excluding carboxylic acids is 1. The number of carbonyl (C=O) groups is 1. The zero-order chi connectivity index (χ0) is 16.6. The van der Waals surface area contributed by atoms with E-state index < -0.39 is 5.97 Å². The standard InChI is InChI=1S/C18H13Br2NO2/c1-10-3-6-12(7-4-10)18(22)23-17-15(20)9-14(19)13-8-5-11(2)21-16(13)17/h3-9H,1-2H3. The van der Waals surface area contributed by atoms with Crippen LogP contribution in [0.25, 0.3) is 10.9 Å². The van der Waals surface area contributed by atoms with Crippen LogP contribution in [-0.2, 0) is 0 Å². The Morgan fingerprint density at radius 1 is 1.00 bits per heavy atom. The molecule has 0 radical (unpaired) electrons. The van der Waals surface area contributed by atoms with Gasteiger partial charge in [-0.2, -0.15) is 0 Å². The molecule has 1 heterocycles. The first-order chi connectivity index (χ1) is 11.0. The van der Waals surface area contributed by atoms with Crippen molar-refractivity contribution in [2.75, 3.05) is 0 Å². The normalized spacial score (nSPS) is 10.8. The van der Waals surface area contributed by atoms with Gasteiger partial charge in [-0.1, -0.05) is 33.6 Å². The number of hydrogen-bond donors (Lipinski definition) is 0. The van der Waals surface area contributed by atoms with E-state index in [0.29, 0.717) is 21.3 Å². The summed E-state index contributed by atoms with van der Waals surface area (Å²) in [5.74, 6) is 0.0232. The fraction of sp³-hybridized carbons (Fsp3) is 0.111. The quantitative estimate of drug-likeness (QED) is 0.389. The van der Waals surface area contributed by atoms with Crippen LogP contribution in [-0.4, -0.2) is 11.0 Å². The molecule has 0 amide bonds. The smallest absolute Gasteiger partial charge is 0.343 e. The van der Waals surface area contributed by atoms with Gasteiger partial charge in [0, 0.05) is 15.6 Å². The van der Waals surface area contributed by atoms with Crippen molar-refractivity contribution >= 4 is 48.7 Å². The van der Waals surface area contributed by atoms with Crippen LogP contribution in [0.4, 0.5) is 0 Å². The molecule has 3 nitrogen and oxygen atoms in total. The molecule has 3 rings (SSSR count). The summed E-state index contributed by atoms with van der Waals surface area (Å²) in [5, 5.41) is 0.894. The van der Waals surface area contributed by atoms with Crippen molar-refractivity contribution in [2.24, 2.45) is 0 Å². The Morgan fingerprint density at radius 2 is 1.70 bits per heavy atom. The molecule has 0 N–H and O–H groups in total. The molecule has 0 aliphatic heterocycles. The minimum Gasteiger partial charge on any atom is -0.419 e. The van der Waals surface area contributed by atoms with Crippen LogP contribution in [0.1, 0.15) is 21.6 Å². The zero-order valence-electron chi connectivity index (χ0n) is 12.6. The van der Waals surface area contributed by atoms with E-state index in [-0.39, 0.29) is 0 Å². The molecule has 1 aromatic heterocycles. The van der Waals surface area contributed by atoms with Crippen LogP contribution < -0.4 is 4.74 Å². The molecule has 0 aliphatic carbocycles. The predicted octanol–water partition coefficient (Wildman–Crippen LogP) is 5.60. The molecule has 0 saturated carbocycles. The highest BCUT2D eigenvalue weighted by atomic mass is 79.9. The summed E-state index contributed by atoms with van der Waals surface area (Å²) in [6, 6.07) is 13.0. The number of esters is 1. The minimum absolute atomic E-state index is 0.405. The molecule has 0 bridgehead atoms. The fourth-order valence-corrected chi connectivity index (χ4v) is 3.58. The Hall–Kier alpha value is -1.72. The molecule has 0 unspecified atom stereocenters. The van der Waals surface area contributed by atoms with E-state index in [1.165, 1.54) is 0 Å². The molecule has 116 valence electrons. The van der Waals surface area contributed by atoms with Gasteiger partial charge in [0.25, 0.3) is 0 Å². The number of fused-ring (bicyclic) bond motifs is 1. The number of halogens is 2. The Balaban J connectivity index is 2.07. The topological polar surface area (TPSA) is 39.2 Å². The van der Waals surface area contributed by atoms with Crippen molar-refractivity contribution in [1.29, 1.82) is 0 Å². The molecule has 5 heteroatoms. The number of pyridine rings is 1. The number of rotatable bonds is 2. The SMILES string of the molecule is Cc1ccc(C(=O)Oc2c(Br)cc(Br)c3ccc(C)nc23)cc1. The highest BCUT2D eigenvalue weighted by Gasteiger charge is 2.17. The third-order valence-electron chi connectivity index (χ3n) is 3.46. The van der Waals surface area contributed by atoms with Gasteiger partial charge in [0.15, 0.2) is 5.75 Å². The molecular weight excluding hydrogens is 422 g/mol. The molecule has 0 saturated heterocycles. The number of benzene rings is 2. The van der Waals surface area contributed by atoms with E-state index in [1.807, 2.05) is 44.2 Å². The number of aryl methyl sites for hydroxylation is 2. The van der Waals surface area contributed by atoms with Crippen LogP contribution >= 0.6 is 31.9 Å². The lowest BCUT2D eigenvalue weighted by Crippen LogP contribution is -2.09. The van der Waals surface area contributed by atoms with Gasteiger partial charge in [0.2, 0.25) is 0 Å². The van der Waals surface area contributed by atoms with Crippen molar-refractivity contribution in [3.8, 4) is 5.75 Å². The van der Waals surface area contributed by atoms with Crippen LogP contribution in [0.3, 0.4) is 0 Å².